The summed E-state index contributed by atoms with van der Waals surface area (Å²) in [5.74, 6) is 0.390. The maximum absolute atomic E-state index is 13.1. The molecule has 0 aliphatic carbocycles. The number of sulfone groups is 1. The lowest BCUT2D eigenvalue weighted by molar-refractivity contribution is 0.0715. The van der Waals surface area contributed by atoms with Crippen molar-refractivity contribution in [2.75, 3.05) is 37.3 Å². The van der Waals surface area contributed by atoms with Crippen LogP contribution in [0.1, 0.15) is 16.1 Å². The maximum Gasteiger partial charge on any atom is 0.290 e. The van der Waals surface area contributed by atoms with E-state index in [1.165, 1.54) is 0 Å². The molecule has 1 aliphatic rings. The van der Waals surface area contributed by atoms with Crippen molar-refractivity contribution in [3.8, 4) is 0 Å². The summed E-state index contributed by atoms with van der Waals surface area (Å²) in [5, 5.41) is 1.23. The Morgan fingerprint density at radius 2 is 1.86 bits per heavy atom. The molecule has 29 heavy (non-hydrogen) atoms. The average molecular weight is 434 g/mol. The third-order valence-electron chi connectivity index (χ3n) is 4.90. The number of benzene rings is 1. The van der Waals surface area contributed by atoms with Gasteiger partial charge in [0.15, 0.2) is 15.6 Å². The molecule has 1 aromatic carbocycles. The normalized spacial score (nSPS) is 15.1. The van der Waals surface area contributed by atoms with Crippen molar-refractivity contribution in [1.82, 2.24) is 9.88 Å². The fourth-order valence-electron chi connectivity index (χ4n) is 3.51. The van der Waals surface area contributed by atoms with E-state index < -0.39 is 9.84 Å². The van der Waals surface area contributed by atoms with E-state index in [1.807, 2.05) is 6.07 Å². The lowest BCUT2D eigenvalue weighted by Gasteiger charge is -2.35. The van der Waals surface area contributed by atoms with Crippen LogP contribution in [0.3, 0.4) is 0 Å². The number of carbonyl (C=O) groups excluding carboxylic acids is 1. The topological polar surface area (TPSA) is 83.7 Å². The van der Waals surface area contributed by atoms with Gasteiger partial charge in [0.05, 0.1) is 10.8 Å². The number of fused-ring (bicyclic) bond motifs is 1. The number of rotatable bonds is 4. The zero-order chi connectivity index (χ0) is 20.6. The number of halogens is 1. The molecule has 2 aromatic heterocycles. The molecule has 1 fully saturated rings. The summed E-state index contributed by atoms with van der Waals surface area (Å²) < 4.78 is 29.6. The molecule has 4 rings (SSSR count). The maximum atomic E-state index is 13.1. The van der Waals surface area contributed by atoms with Crippen LogP contribution in [0.25, 0.3) is 11.0 Å². The first-order valence-electron chi connectivity index (χ1n) is 9.16. The highest BCUT2D eigenvalue weighted by molar-refractivity contribution is 7.89. The molecule has 1 aliphatic heterocycles. The van der Waals surface area contributed by atoms with Crippen LogP contribution in [0.2, 0.25) is 5.02 Å². The van der Waals surface area contributed by atoms with E-state index in [0.717, 1.165) is 12.1 Å². The summed E-state index contributed by atoms with van der Waals surface area (Å²) in [4.78, 5) is 21.2. The fourth-order valence-corrected chi connectivity index (χ4v) is 4.44. The molecule has 1 saturated heterocycles. The average Bonchev–Trinajstić information content (AvgIpc) is 3.05. The molecule has 0 spiro atoms. The summed E-state index contributed by atoms with van der Waals surface area (Å²) in [5.41, 5.74) is 0.938. The summed E-state index contributed by atoms with van der Waals surface area (Å²) >= 11 is 5.89. The standard InChI is InChI=1S/C20H20ClN3O4S/c1-29(26,27)13-16-15-4-2-3-5-17(15)28-19(16)20(25)24-10-8-23(9-11-24)18-7-6-14(21)12-22-18/h2-7,12H,8-11,13H2,1H3. The van der Waals surface area contributed by atoms with Crippen LogP contribution in [0, 0.1) is 0 Å². The van der Waals surface area contributed by atoms with Gasteiger partial charge in [-0.05, 0) is 18.2 Å². The van der Waals surface area contributed by atoms with Crippen molar-refractivity contribution in [2.24, 2.45) is 0 Å². The van der Waals surface area contributed by atoms with E-state index in [1.54, 1.807) is 41.4 Å². The van der Waals surface area contributed by atoms with Gasteiger partial charge in [0.25, 0.3) is 5.91 Å². The molecule has 0 atom stereocenters. The van der Waals surface area contributed by atoms with Crippen molar-refractivity contribution < 1.29 is 17.6 Å². The van der Waals surface area contributed by atoms with Gasteiger partial charge in [-0.15, -0.1) is 0 Å². The largest absolute Gasteiger partial charge is 0.451 e. The third-order valence-corrected chi connectivity index (χ3v) is 5.94. The molecule has 0 saturated carbocycles. The Morgan fingerprint density at radius 1 is 1.14 bits per heavy atom. The van der Waals surface area contributed by atoms with Crippen molar-refractivity contribution >= 4 is 44.1 Å². The molecular weight excluding hydrogens is 414 g/mol. The number of anilines is 1. The number of carbonyl (C=O) groups is 1. The molecule has 7 nitrogen and oxygen atoms in total. The number of nitrogens with zero attached hydrogens (tertiary/aromatic N) is 3. The zero-order valence-electron chi connectivity index (χ0n) is 15.8. The molecule has 3 heterocycles. The monoisotopic (exact) mass is 433 g/mol. The van der Waals surface area contributed by atoms with E-state index >= 15 is 0 Å². The van der Waals surface area contributed by atoms with Gasteiger partial charge < -0.3 is 14.2 Å². The van der Waals surface area contributed by atoms with Gasteiger partial charge in [-0.2, -0.15) is 0 Å². The van der Waals surface area contributed by atoms with Gasteiger partial charge >= 0.3 is 0 Å². The lowest BCUT2D eigenvalue weighted by Crippen LogP contribution is -2.49. The lowest BCUT2D eigenvalue weighted by atomic mass is 10.1. The van der Waals surface area contributed by atoms with Crippen LogP contribution in [0.4, 0.5) is 5.82 Å². The van der Waals surface area contributed by atoms with Crippen molar-refractivity contribution in [2.45, 2.75) is 5.75 Å². The second-order valence-electron chi connectivity index (χ2n) is 7.09. The number of piperazine rings is 1. The molecule has 0 radical (unpaired) electrons. The van der Waals surface area contributed by atoms with Crippen molar-refractivity contribution in [1.29, 1.82) is 0 Å². The Hall–Kier alpha value is -2.58. The number of hydrogen-bond donors (Lipinski definition) is 0. The van der Waals surface area contributed by atoms with Crippen LogP contribution in [-0.2, 0) is 15.6 Å². The van der Waals surface area contributed by atoms with Gasteiger partial charge in [0.2, 0.25) is 0 Å². The number of hydrogen-bond acceptors (Lipinski definition) is 6. The molecule has 0 unspecified atom stereocenters. The first kappa shape index (κ1) is 19.7. The quantitative estimate of drug-likeness (QED) is 0.629. The van der Waals surface area contributed by atoms with Crippen LogP contribution in [-0.4, -0.2) is 56.6 Å². The first-order valence-corrected chi connectivity index (χ1v) is 11.6. The van der Waals surface area contributed by atoms with Gasteiger partial charge in [0.1, 0.15) is 11.4 Å². The first-order chi connectivity index (χ1) is 13.8. The van der Waals surface area contributed by atoms with E-state index in [4.69, 9.17) is 16.0 Å². The Bertz CT molecular complexity index is 1150. The number of para-hydroxylation sites is 1. The Balaban J connectivity index is 1.56. The summed E-state index contributed by atoms with van der Waals surface area (Å²) in [7, 11) is -3.33. The van der Waals surface area contributed by atoms with E-state index in [9.17, 15) is 13.2 Å². The molecule has 0 bridgehead atoms. The van der Waals surface area contributed by atoms with Gasteiger partial charge in [-0.25, -0.2) is 13.4 Å². The van der Waals surface area contributed by atoms with E-state index in [2.05, 4.69) is 9.88 Å². The molecule has 9 heteroatoms. The Kier molecular flexibility index (Phi) is 5.23. The van der Waals surface area contributed by atoms with Crippen LogP contribution in [0.5, 0.6) is 0 Å². The van der Waals surface area contributed by atoms with Crippen molar-refractivity contribution in [3.63, 3.8) is 0 Å². The Labute approximate surface area is 173 Å². The fraction of sp³-hybridized carbons (Fsp3) is 0.300. The number of amides is 1. The number of furan rings is 1. The second-order valence-corrected chi connectivity index (χ2v) is 9.67. The summed E-state index contributed by atoms with van der Waals surface area (Å²) in [6.45, 7) is 2.20. The van der Waals surface area contributed by atoms with Crippen molar-refractivity contribution in [3.05, 3.63) is 58.9 Å². The van der Waals surface area contributed by atoms with E-state index in [0.29, 0.717) is 47.7 Å². The zero-order valence-corrected chi connectivity index (χ0v) is 17.4. The van der Waals surface area contributed by atoms with Gasteiger partial charge in [-0.1, -0.05) is 29.8 Å². The van der Waals surface area contributed by atoms with Gasteiger partial charge in [0, 0.05) is 49.6 Å². The predicted octanol–water partition coefficient (Wildman–Crippen LogP) is 2.99. The SMILES string of the molecule is CS(=O)(=O)Cc1c(C(=O)N2CCN(c3ccc(Cl)cn3)CC2)oc2ccccc12. The molecule has 152 valence electrons. The minimum atomic E-state index is -3.33. The highest BCUT2D eigenvalue weighted by Crippen LogP contribution is 2.29. The summed E-state index contributed by atoms with van der Waals surface area (Å²) in [6, 6.07) is 10.7. The third kappa shape index (κ3) is 4.23. The minimum Gasteiger partial charge on any atom is -0.451 e. The molecule has 1 amide bonds. The van der Waals surface area contributed by atoms with Crippen LogP contribution in [0.15, 0.2) is 47.0 Å². The van der Waals surface area contributed by atoms with Gasteiger partial charge in [-0.3, -0.25) is 4.79 Å². The van der Waals surface area contributed by atoms with Crippen LogP contribution < -0.4 is 4.90 Å². The smallest absolute Gasteiger partial charge is 0.290 e. The molecule has 0 N–H and O–H groups in total. The number of aromatic nitrogens is 1. The predicted molar refractivity (Wildman–Crippen MR) is 112 cm³/mol. The second kappa shape index (κ2) is 7.68. The van der Waals surface area contributed by atoms with Crippen LogP contribution >= 0.6 is 11.6 Å². The minimum absolute atomic E-state index is 0.106. The number of pyridine rings is 1. The Morgan fingerprint density at radius 3 is 2.52 bits per heavy atom. The molecular formula is C20H20ClN3O4S. The highest BCUT2D eigenvalue weighted by Gasteiger charge is 2.29. The summed E-state index contributed by atoms with van der Waals surface area (Å²) in [6.07, 6.45) is 2.75. The van der Waals surface area contributed by atoms with E-state index in [-0.39, 0.29) is 17.4 Å². The molecule has 3 aromatic rings. The highest BCUT2D eigenvalue weighted by atomic mass is 35.5.